The van der Waals surface area contributed by atoms with Crippen LogP contribution in [-0.4, -0.2) is 53.4 Å². The summed E-state index contributed by atoms with van der Waals surface area (Å²) in [7, 11) is 0. The van der Waals surface area contributed by atoms with E-state index in [4.69, 9.17) is 15.6 Å². The van der Waals surface area contributed by atoms with E-state index in [0.29, 0.717) is 25.0 Å². The Balaban J connectivity index is 1.73. The number of carbonyl (C=O) groups is 1. The van der Waals surface area contributed by atoms with E-state index in [-0.39, 0.29) is 0 Å². The lowest BCUT2D eigenvalue weighted by atomic mass is 9.92. The highest BCUT2D eigenvalue weighted by atomic mass is 16.5. The summed E-state index contributed by atoms with van der Waals surface area (Å²) in [6.45, 7) is 4.76. The van der Waals surface area contributed by atoms with Gasteiger partial charge in [-0.25, -0.2) is 0 Å². The van der Waals surface area contributed by atoms with Crippen molar-refractivity contribution < 1.29 is 14.6 Å². The third-order valence-electron chi connectivity index (χ3n) is 4.27. The molecule has 2 heterocycles. The number of rotatable bonds is 6. The number of likely N-dealkylation sites (tertiary alicyclic amines) is 1. The largest absolute Gasteiger partial charge is 0.480 e. The van der Waals surface area contributed by atoms with Crippen molar-refractivity contribution in [2.24, 2.45) is 5.73 Å². The fourth-order valence-corrected chi connectivity index (χ4v) is 2.93. The Morgan fingerprint density at radius 3 is 2.56 bits per heavy atom. The molecule has 104 valence electrons. The van der Waals surface area contributed by atoms with Crippen LogP contribution in [0.5, 0.6) is 0 Å². The van der Waals surface area contributed by atoms with Gasteiger partial charge in [0.05, 0.1) is 12.2 Å². The average Bonchev–Trinajstić information content (AvgIpc) is 2.68. The van der Waals surface area contributed by atoms with Gasteiger partial charge in [0, 0.05) is 13.1 Å². The number of aliphatic carboxylic acids is 1. The van der Waals surface area contributed by atoms with Crippen LogP contribution in [0.4, 0.5) is 0 Å². The van der Waals surface area contributed by atoms with Gasteiger partial charge >= 0.3 is 5.97 Å². The van der Waals surface area contributed by atoms with Crippen LogP contribution in [0.2, 0.25) is 0 Å². The van der Waals surface area contributed by atoms with Gasteiger partial charge in [0.2, 0.25) is 0 Å². The Hall–Kier alpha value is -0.650. The zero-order valence-electron chi connectivity index (χ0n) is 11.1. The zero-order valence-corrected chi connectivity index (χ0v) is 11.1. The van der Waals surface area contributed by atoms with Gasteiger partial charge < -0.3 is 15.6 Å². The number of morpholine rings is 1. The number of hydrogen-bond acceptors (Lipinski definition) is 4. The van der Waals surface area contributed by atoms with Gasteiger partial charge in [0.1, 0.15) is 5.54 Å². The van der Waals surface area contributed by atoms with Crippen LogP contribution in [0.15, 0.2) is 0 Å². The number of nitrogens with two attached hydrogens (primary N) is 1. The van der Waals surface area contributed by atoms with Gasteiger partial charge in [0.15, 0.2) is 0 Å². The van der Waals surface area contributed by atoms with E-state index in [0.717, 1.165) is 26.1 Å². The van der Waals surface area contributed by atoms with E-state index >= 15 is 0 Å². The minimum Gasteiger partial charge on any atom is -0.480 e. The lowest BCUT2D eigenvalue weighted by Crippen LogP contribution is -2.48. The Morgan fingerprint density at radius 1 is 1.44 bits per heavy atom. The Kier molecular flexibility index (Phi) is 4.25. The van der Waals surface area contributed by atoms with Crippen molar-refractivity contribution in [3.63, 3.8) is 0 Å². The van der Waals surface area contributed by atoms with Crippen molar-refractivity contribution in [2.75, 3.05) is 19.6 Å². The second kappa shape index (κ2) is 5.55. The number of carboxylic acids is 1. The van der Waals surface area contributed by atoms with Gasteiger partial charge in [-0.15, -0.1) is 0 Å². The molecule has 2 fully saturated rings. The molecule has 3 unspecified atom stereocenters. The van der Waals surface area contributed by atoms with E-state index in [1.807, 2.05) is 6.92 Å². The van der Waals surface area contributed by atoms with E-state index in [1.54, 1.807) is 0 Å². The summed E-state index contributed by atoms with van der Waals surface area (Å²) in [4.78, 5) is 13.5. The maximum atomic E-state index is 11.1. The number of hydrogen-bond donors (Lipinski definition) is 2. The minimum atomic E-state index is -1.05. The molecule has 3 N–H and O–H groups in total. The molecule has 0 spiro atoms. The first-order chi connectivity index (χ1) is 8.53. The molecule has 18 heavy (non-hydrogen) atoms. The molecule has 3 atom stereocenters. The first-order valence-corrected chi connectivity index (χ1v) is 6.93. The summed E-state index contributed by atoms with van der Waals surface area (Å²) in [6, 6.07) is 0. The van der Waals surface area contributed by atoms with Crippen molar-refractivity contribution in [1.82, 2.24) is 4.90 Å². The number of nitrogens with zero attached hydrogens (tertiary/aromatic N) is 1. The van der Waals surface area contributed by atoms with Gasteiger partial charge in [-0.2, -0.15) is 0 Å². The normalized spacial score (nSPS) is 31.2. The number of fused-ring (bicyclic) bond motifs is 2. The Labute approximate surface area is 108 Å². The molecule has 2 saturated heterocycles. The monoisotopic (exact) mass is 256 g/mol. The molecule has 2 aliphatic heterocycles. The zero-order chi connectivity index (χ0) is 13.2. The second-order valence-electron chi connectivity index (χ2n) is 5.64. The van der Waals surface area contributed by atoms with Crippen molar-refractivity contribution in [3.05, 3.63) is 0 Å². The lowest BCUT2D eigenvalue weighted by Gasteiger charge is -2.33. The van der Waals surface area contributed by atoms with Crippen LogP contribution in [0, 0.1) is 0 Å². The van der Waals surface area contributed by atoms with E-state index < -0.39 is 11.5 Å². The van der Waals surface area contributed by atoms with Crippen molar-refractivity contribution in [1.29, 1.82) is 0 Å². The Bertz CT molecular complexity index is 299. The maximum Gasteiger partial charge on any atom is 0.323 e. The predicted molar refractivity (Wildman–Crippen MR) is 68.4 cm³/mol. The van der Waals surface area contributed by atoms with Crippen molar-refractivity contribution >= 4 is 5.97 Å². The molecule has 0 aromatic rings. The van der Waals surface area contributed by atoms with E-state index in [9.17, 15) is 4.79 Å². The van der Waals surface area contributed by atoms with Crippen LogP contribution in [0.1, 0.15) is 39.0 Å². The molecule has 2 aliphatic rings. The van der Waals surface area contributed by atoms with Crippen LogP contribution < -0.4 is 5.73 Å². The second-order valence-corrected chi connectivity index (χ2v) is 5.64. The molecule has 0 amide bonds. The first-order valence-electron chi connectivity index (χ1n) is 6.93. The number of ether oxygens (including phenoxy) is 1. The summed E-state index contributed by atoms with van der Waals surface area (Å²) in [6.07, 6.45) is 5.02. The smallest absolute Gasteiger partial charge is 0.323 e. The third kappa shape index (κ3) is 3.02. The fraction of sp³-hybridized carbons (Fsp3) is 0.923. The Morgan fingerprint density at radius 2 is 2.06 bits per heavy atom. The van der Waals surface area contributed by atoms with Crippen LogP contribution in [0.25, 0.3) is 0 Å². The van der Waals surface area contributed by atoms with Crippen LogP contribution >= 0.6 is 0 Å². The van der Waals surface area contributed by atoms with Crippen LogP contribution in [0.3, 0.4) is 0 Å². The number of carboxylic acid groups (broad SMARTS) is 1. The average molecular weight is 256 g/mol. The molecule has 0 aromatic carbocycles. The summed E-state index contributed by atoms with van der Waals surface area (Å²) in [5, 5.41) is 9.10. The topological polar surface area (TPSA) is 75.8 Å². The fourth-order valence-electron chi connectivity index (χ4n) is 2.93. The summed E-state index contributed by atoms with van der Waals surface area (Å²) in [5.41, 5.74) is 4.83. The molecule has 2 bridgehead atoms. The summed E-state index contributed by atoms with van der Waals surface area (Å²) >= 11 is 0. The maximum absolute atomic E-state index is 11.1. The molecule has 0 aliphatic carbocycles. The van der Waals surface area contributed by atoms with Gasteiger partial charge in [0.25, 0.3) is 0 Å². The van der Waals surface area contributed by atoms with Gasteiger partial charge in [-0.05, 0) is 38.6 Å². The molecule has 5 heteroatoms. The van der Waals surface area contributed by atoms with Gasteiger partial charge in [-0.1, -0.05) is 6.92 Å². The summed E-state index contributed by atoms with van der Waals surface area (Å²) < 4.78 is 5.77. The molecule has 0 radical (unpaired) electrons. The van der Waals surface area contributed by atoms with E-state index in [2.05, 4.69) is 4.90 Å². The first kappa shape index (κ1) is 13.8. The highest BCUT2D eigenvalue weighted by molar-refractivity contribution is 5.78. The predicted octanol–water partition coefficient (Wildman–Crippen LogP) is 0.822. The molecule has 0 aromatic heterocycles. The molecule has 0 saturated carbocycles. The van der Waals surface area contributed by atoms with Gasteiger partial charge in [-0.3, -0.25) is 9.69 Å². The molecule has 2 rings (SSSR count). The standard InChI is InChI=1S/C13H24N2O3/c1-2-13(14,12(16)17)6-3-7-15-8-10-4-5-11(9-15)18-10/h10-11H,2-9,14H2,1H3,(H,16,17). The lowest BCUT2D eigenvalue weighted by molar-refractivity contribution is -0.143. The minimum absolute atomic E-state index is 0.400. The van der Waals surface area contributed by atoms with Crippen molar-refractivity contribution in [2.45, 2.75) is 56.8 Å². The summed E-state index contributed by atoms with van der Waals surface area (Å²) in [5.74, 6) is -0.882. The molecular formula is C13H24N2O3. The van der Waals surface area contributed by atoms with Crippen LogP contribution in [-0.2, 0) is 9.53 Å². The molecule has 5 nitrogen and oxygen atoms in total. The SMILES string of the molecule is CCC(N)(CCCN1CC2CCC(C1)O2)C(=O)O. The van der Waals surface area contributed by atoms with Crippen molar-refractivity contribution in [3.8, 4) is 0 Å². The highest BCUT2D eigenvalue weighted by Gasteiger charge is 2.34. The third-order valence-corrected chi connectivity index (χ3v) is 4.27. The highest BCUT2D eigenvalue weighted by Crippen LogP contribution is 2.26. The van der Waals surface area contributed by atoms with E-state index in [1.165, 1.54) is 12.8 Å². The molecular weight excluding hydrogens is 232 g/mol. The quantitative estimate of drug-likeness (QED) is 0.736.